The first-order chi connectivity index (χ1) is 7.20. The van der Waals surface area contributed by atoms with Gasteiger partial charge in [0.25, 0.3) is 0 Å². The van der Waals surface area contributed by atoms with Gasteiger partial charge in [-0.15, -0.1) is 0 Å². The Balaban J connectivity index is 2.28. The van der Waals surface area contributed by atoms with Crippen LogP contribution in [0.4, 0.5) is 0 Å². The van der Waals surface area contributed by atoms with Crippen LogP contribution in [0.25, 0.3) is 0 Å². The Morgan fingerprint density at radius 3 is 2.87 bits per heavy atom. The third-order valence-corrected chi connectivity index (χ3v) is 4.63. The van der Waals surface area contributed by atoms with Crippen molar-refractivity contribution in [3.63, 3.8) is 0 Å². The molecule has 15 heavy (non-hydrogen) atoms. The lowest BCUT2D eigenvalue weighted by molar-refractivity contribution is 0.0988. The molecular formula is C11H10Cl2OS. The quantitative estimate of drug-likeness (QED) is 0.746. The second-order valence-electron chi connectivity index (χ2n) is 3.47. The molecule has 80 valence electrons. The summed E-state index contributed by atoms with van der Waals surface area (Å²) in [5.41, 5.74) is 0.559. The summed E-state index contributed by atoms with van der Waals surface area (Å²) in [6, 6.07) is 5.21. The number of hydrogen-bond donors (Lipinski definition) is 0. The predicted molar refractivity (Wildman–Crippen MR) is 66.3 cm³/mol. The van der Waals surface area contributed by atoms with Crippen LogP contribution in [0.5, 0.6) is 0 Å². The summed E-state index contributed by atoms with van der Waals surface area (Å²) >= 11 is 13.6. The van der Waals surface area contributed by atoms with Crippen LogP contribution in [0.2, 0.25) is 10.0 Å². The van der Waals surface area contributed by atoms with Gasteiger partial charge in [-0.05, 0) is 30.7 Å². The zero-order valence-corrected chi connectivity index (χ0v) is 10.3. The number of thioether (sulfide) groups is 1. The summed E-state index contributed by atoms with van der Waals surface area (Å²) < 4.78 is 0. The first kappa shape index (κ1) is 11.3. The highest BCUT2D eigenvalue weighted by atomic mass is 35.5. The number of carbonyl (C=O) groups excluding carboxylic acids is 1. The number of carbonyl (C=O) groups is 1. The number of benzene rings is 1. The Kier molecular flexibility index (Phi) is 3.60. The Morgan fingerprint density at radius 1 is 1.40 bits per heavy atom. The molecule has 1 fully saturated rings. The van der Waals surface area contributed by atoms with Crippen LogP contribution < -0.4 is 0 Å². The topological polar surface area (TPSA) is 17.1 Å². The molecule has 1 nitrogen and oxygen atoms in total. The summed E-state index contributed by atoms with van der Waals surface area (Å²) in [4.78, 5) is 12.1. The Bertz CT molecular complexity index is 386. The standard InChI is InChI=1S/C11H10Cl2OS/c12-8-4-1-3-7(10(8)13)11(14)9-5-2-6-15-9/h1,3-4,9H,2,5-6H2. The minimum Gasteiger partial charge on any atom is -0.293 e. The third kappa shape index (κ3) is 2.32. The van der Waals surface area contributed by atoms with E-state index in [2.05, 4.69) is 0 Å². The highest BCUT2D eigenvalue weighted by Crippen LogP contribution is 2.33. The monoisotopic (exact) mass is 260 g/mol. The Labute approximate surface area is 103 Å². The Morgan fingerprint density at radius 2 is 2.20 bits per heavy atom. The van der Waals surface area contributed by atoms with E-state index in [0.29, 0.717) is 15.6 Å². The van der Waals surface area contributed by atoms with E-state index in [9.17, 15) is 4.79 Å². The fourth-order valence-corrected chi connectivity index (χ4v) is 3.28. The molecule has 0 spiro atoms. The number of Topliss-reactive ketones (excluding diaryl/α,β-unsaturated/α-hetero) is 1. The van der Waals surface area contributed by atoms with Crippen LogP contribution in [0.1, 0.15) is 23.2 Å². The van der Waals surface area contributed by atoms with Gasteiger partial charge in [-0.1, -0.05) is 29.3 Å². The number of rotatable bonds is 2. The summed E-state index contributed by atoms with van der Waals surface area (Å²) in [5.74, 6) is 1.18. The van der Waals surface area contributed by atoms with E-state index in [1.54, 1.807) is 30.0 Å². The number of ketones is 1. The second kappa shape index (κ2) is 4.77. The van der Waals surface area contributed by atoms with Crippen molar-refractivity contribution in [3.8, 4) is 0 Å². The van der Waals surface area contributed by atoms with E-state index in [4.69, 9.17) is 23.2 Å². The van der Waals surface area contributed by atoms with Crippen molar-refractivity contribution in [1.82, 2.24) is 0 Å². The van der Waals surface area contributed by atoms with Gasteiger partial charge in [-0.2, -0.15) is 11.8 Å². The predicted octanol–water partition coefficient (Wildman–Crippen LogP) is 4.07. The first-order valence-electron chi connectivity index (χ1n) is 4.80. The van der Waals surface area contributed by atoms with E-state index in [1.807, 2.05) is 0 Å². The second-order valence-corrected chi connectivity index (χ2v) is 5.56. The zero-order valence-electron chi connectivity index (χ0n) is 8.00. The molecule has 1 atom stereocenters. The fourth-order valence-electron chi connectivity index (χ4n) is 1.65. The summed E-state index contributed by atoms with van der Waals surface area (Å²) in [6.45, 7) is 0. The zero-order chi connectivity index (χ0) is 10.8. The van der Waals surface area contributed by atoms with Gasteiger partial charge in [0, 0.05) is 5.56 Å². The molecule has 2 rings (SSSR count). The van der Waals surface area contributed by atoms with Crippen LogP contribution in [0.15, 0.2) is 18.2 Å². The largest absolute Gasteiger partial charge is 0.293 e. The molecule has 1 aromatic rings. The lowest BCUT2D eigenvalue weighted by atomic mass is 10.1. The maximum atomic E-state index is 12.1. The average Bonchev–Trinajstić information content (AvgIpc) is 2.74. The summed E-state index contributed by atoms with van der Waals surface area (Å²) in [7, 11) is 0. The van der Waals surface area contributed by atoms with Crippen molar-refractivity contribution in [2.45, 2.75) is 18.1 Å². The molecule has 0 N–H and O–H groups in total. The Hall–Kier alpha value is -0.180. The van der Waals surface area contributed by atoms with Gasteiger partial charge in [0.1, 0.15) is 0 Å². The van der Waals surface area contributed by atoms with Gasteiger partial charge < -0.3 is 0 Å². The number of hydrogen-bond acceptors (Lipinski definition) is 2. The molecule has 0 aliphatic carbocycles. The van der Waals surface area contributed by atoms with Gasteiger partial charge in [0.05, 0.1) is 15.3 Å². The molecular weight excluding hydrogens is 251 g/mol. The smallest absolute Gasteiger partial charge is 0.177 e. The number of halogens is 2. The van der Waals surface area contributed by atoms with Crippen LogP contribution in [-0.2, 0) is 0 Å². The molecule has 0 aromatic heterocycles. The van der Waals surface area contributed by atoms with Crippen LogP contribution in [0, 0.1) is 0 Å². The van der Waals surface area contributed by atoms with Crippen molar-refractivity contribution < 1.29 is 4.79 Å². The van der Waals surface area contributed by atoms with E-state index >= 15 is 0 Å². The molecule has 1 heterocycles. The molecule has 0 bridgehead atoms. The van der Waals surface area contributed by atoms with Crippen LogP contribution in [0.3, 0.4) is 0 Å². The van der Waals surface area contributed by atoms with Gasteiger partial charge in [-0.3, -0.25) is 4.79 Å². The van der Waals surface area contributed by atoms with Crippen molar-refractivity contribution in [2.24, 2.45) is 0 Å². The van der Waals surface area contributed by atoms with Crippen molar-refractivity contribution in [3.05, 3.63) is 33.8 Å². The van der Waals surface area contributed by atoms with E-state index in [1.165, 1.54) is 0 Å². The van der Waals surface area contributed by atoms with Crippen LogP contribution in [-0.4, -0.2) is 16.8 Å². The lowest BCUT2D eigenvalue weighted by Crippen LogP contribution is -2.14. The van der Waals surface area contributed by atoms with Gasteiger partial charge in [-0.25, -0.2) is 0 Å². The molecule has 1 saturated heterocycles. The minimum atomic E-state index is 0.0703. The fraction of sp³-hybridized carbons (Fsp3) is 0.364. The molecule has 0 saturated carbocycles. The SMILES string of the molecule is O=C(c1cccc(Cl)c1Cl)C1CCCS1. The molecule has 1 aromatic carbocycles. The van der Waals surface area contributed by atoms with Crippen molar-refractivity contribution in [2.75, 3.05) is 5.75 Å². The third-order valence-electron chi connectivity index (χ3n) is 2.44. The van der Waals surface area contributed by atoms with Crippen molar-refractivity contribution in [1.29, 1.82) is 0 Å². The molecule has 4 heteroatoms. The van der Waals surface area contributed by atoms with Gasteiger partial charge in [0.15, 0.2) is 5.78 Å². The highest BCUT2D eigenvalue weighted by molar-refractivity contribution is 8.00. The molecule has 0 amide bonds. The molecule has 1 unspecified atom stereocenters. The summed E-state index contributed by atoms with van der Waals surface area (Å²) in [5, 5.41) is 0.906. The van der Waals surface area contributed by atoms with E-state index < -0.39 is 0 Å². The molecule has 1 aliphatic heterocycles. The minimum absolute atomic E-state index is 0.0703. The summed E-state index contributed by atoms with van der Waals surface area (Å²) in [6.07, 6.45) is 2.06. The van der Waals surface area contributed by atoms with E-state index in [-0.39, 0.29) is 11.0 Å². The maximum Gasteiger partial charge on any atom is 0.177 e. The normalized spacial score (nSPS) is 20.5. The molecule has 0 radical (unpaired) electrons. The average molecular weight is 261 g/mol. The van der Waals surface area contributed by atoms with Crippen LogP contribution >= 0.6 is 35.0 Å². The first-order valence-corrected chi connectivity index (χ1v) is 6.60. The molecule has 1 aliphatic rings. The van der Waals surface area contributed by atoms with Crippen molar-refractivity contribution >= 4 is 40.7 Å². The lowest BCUT2D eigenvalue weighted by Gasteiger charge is -2.09. The van der Waals surface area contributed by atoms with Gasteiger partial charge in [0.2, 0.25) is 0 Å². The highest BCUT2D eigenvalue weighted by Gasteiger charge is 2.26. The van der Waals surface area contributed by atoms with Gasteiger partial charge >= 0.3 is 0 Å². The van der Waals surface area contributed by atoms with E-state index in [0.717, 1.165) is 18.6 Å². The maximum absolute atomic E-state index is 12.1.